The molecule has 0 aliphatic heterocycles. The van der Waals surface area contributed by atoms with E-state index in [-0.39, 0.29) is 28.8 Å². The lowest BCUT2D eigenvalue weighted by Gasteiger charge is -2.13. The minimum atomic E-state index is -1.18. The summed E-state index contributed by atoms with van der Waals surface area (Å²) in [6.07, 6.45) is 2.10. The predicted octanol–water partition coefficient (Wildman–Crippen LogP) is 2.07. The van der Waals surface area contributed by atoms with E-state index in [0.717, 1.165) is 18.9 Å². The number of nitrogens with one attached hydrogen (secondary N) is 1. The number of carbonyl (C=O) groups excluding carboxylic acids is 1. The summed E-state index contributed by atoms with van der Waals surface area (Å²) in [6.45, 7) is 1.84. The van der Waals surface area contributed by atoms with Crippen molar-refractivity contribution in [3.05, 3.63) is 23.8 Å². The molecule has 3 N–H and O–H groups in total. The first-order valence-electron chi connectivity index (χ1n) is 5.86. The number of aromatic hydroxyl groups is 1. The molecule has 0 bridgehead atoms. The molecule has 1 aromatic carbocycles. The Balaban J connectivity index is 2.17. The summed E-state index contributed by atoms with van der Waals surface area (Å²) in [7, 11) is 0. The van der Waals surface area contributed by atoms with E-state index in [1.807, 2.05) is 6.92 Å². The number of hydrogen-bond donors (Lipinski definition) is 3. The highest BCUT2D eigenvalue weighted by atomic mass is 16.4. The van der Waals surface area contributed by atoms with E-state index in [1.54, 1.807) is 0 Å². The number of carboxylic acids is 1. The molecule has 96 valence electrons. The van der Waals surface area contributed by atoms with Crippen LogP contribution in [0.2, 0.25) is 0 Å². The first-order chi connectivity index (χ1) is 8.49. The normalized spacial score (nSPS) is 16.1. The van der Waals surface area contributed by atoms with Gasteiger partial charge in [-0.15, -0.1) is 0 Å². The Labute approximate surface area is 104 Å². The summed E-state index contributed by atoms with van der Waals surface area (Å²) in [4.78, 5) is 22.9. The van der Waals surface area contributed by atoms with Gasteiger partial charge in [0.05, 0.1) is 11.3 Å². The number of hydrogen-bond acceptors (Lipinski definition) is 3. The predicted molar refractivity (Wildman–Crippen MR) is 65.6 cm³/mol. The Bertz CT molecular complexity index is 494. The van der Waals surface area contributed by atoms with E-state index < -0.39 is 5.97 Å². The van der Waals surface area contributed by atoms with Gasteiger partial charge in [0.25, 0.3) is 0 Å². The molecular formula is C13H15NO4. The van der Waals surface area contributed by atoms with Crippen molar-refractivity contribution in [1.29, 1.82) is 0 Å². The largest absolute Gasteiger partial charge is 0.508 e. The summed E-state index contributed by atoms with van der Waals surface area (Å²) in [5, 5.41) is 20.9. The van der Waals surface area contributed by atoms with E-state index in [9.17, 15) is 14.7 Å². The average Bonchev–Trinajstić information content (AvgIpc) is 3.14. The maximum atomic E-state index is 11.9. The third kappa shape index (κ3) is 2.61. The van der Waals surface area contributed by atoms with E-state index in [4.69, 9.17) is 5.11 Å². The molecule has 5 nitrogen and oxygen atoms in total. The van der Waals surface area contributed by atoms with Crippen molar-refractivity contribution in [3.63, 3.8) is 0 Å². The van der Waals surface area contributed by atoms with E-state index in [2.05, 4.69) is 5.32 Å². The summed E-state index contributed by atoms with van der Waals surface area (Å²) in [6, 6.07) is 3.87. The lowest BCUT2D eigenvalue weighted by Crippen LogP contribution is -2.23. The molecule has 5 heteroatoms. The quantitative estimate of drug-likeness (QED) is 0.713. The smallest absolute Gasteiger partial charge is 0.337 e. The van der Waals surface area contributed by atoms with Crippen LogP contribution in [-0.4, -0.2) is 22.1 Å². The second-order valence-electron chi connectivity index (χ2n) is 4.65. The van der Waals surface area contributed by atoms with Crippen LogP contribution < -0.4 is 5.32 Å². The topological polar surface area (TPSA) is 86.6 Å². The summed E-state index contributed by atoms with van der Waals surface area (Å²) in [5.41, 5.74) is 0.115. The fourth-order valence-corrected chi connectivity index (χ4v) is 1.88. The molecular weight excluding hydrogens is 234 g/mol. The number of phenols is 1. The molecule has 1 aliphatic rings. The molecule has 1 atom stereocenters. The zero-order chi connectivity index (χ0) is 13.3. The highest BCUT2D eigenvalue weighted by molar-refractivity contribution is 6.01. The van der Waals surface area contributed by atoms with Crippen LogP contribution in [0.25, 0.3) is 0 Å². The molecule has 2 rings (SSSR count). The maximum Gasteiger partial charge on any atom is 0.337 e. The van der Waals surface area contributed by atoms with Gasteiger partial charge in [-0.25, -0.2) is 4.79 Å². The van der Waals surface area contributed by atoms with Crippen molar-refractivity contribution < 1.29 is 19.8 Å². The Morgan fingerprint density at radius 3 is 2.61 bits per heavy atom. The Hall–Kier alpha value is -2.04. The minimum Gasteiger partial charge on any atom is -0.508 e. The molecule has 18 heavy (non-hydrogen) atoms. The highest BCUT2D eigenvalue weighted by Gasteiger charge is 2.32. The molecule has 0 heterocycles. The number of aromatic carboxylic acids is 1. The van der Waals surface area contributed by atoms with Crippen molar-refractivity contribution in [2.45, 2.75) is 19.8 Å². The van der Waals surface area contributed by atoms with Gasteiger partial charge in [-0.1, -0.05) is 6.92 Å². The van der Waals surface area contributed by atoms with Gasteiger partial charge >= 0.3 is 5.97 Å². The third-order valence-corrected chi connectivity index (χ3v) is 3.23. The van der Waals surface area contributed by atoms with Crippen molar-refractivity contribution >= 4 is 17.6 Å². The van der Waals surface area contributed by atoms with Crippen LogP contribution in [0, 0.1) is 11.8 Å². The van der Waals surface area contributed by atoms with Crippen molar-refractivity contribution in [2.75, 3.05) is 5.32 Å². The second-order valence-corrected chi connectivity index (χ2v) is 4.65. The van der Waals surface area contributed by atoms with Crippen LogP contribution in [-0.2, 0) is 4.79 Å². The van der Waals surface area contributed by atoms with Gasteiger partial charge in [0.2, 0.25) is 5.91 Å². The van der Waals surface area contributed by atoms with E-state index in [0.29, 0.717) is 5.92 Å². The van der Waals surface area contributed by atoms with Gasteiger partial charge in [0.15, 0.2) is 0 Å². The summed E-state index contributed by atoms with van der Waals surface area (Å²) in [5.74, 6) is -1.19. The second kappa shape index (κ2) is 4.68. The molecule has 1 aliphatic carbocycles. The van der Waals surface area contributed by atoms with Crippen molar-refractivity contribution in [1.82, 2.24) is 0 Å². The molecule has 1 aromatic rings. The minimum absolute atomic E-state index is 0.105. The fraction of sp³-hybridized carbons (Fsp3) is 0.385. The van der Waals surface area contributed by atoms with Crippen LogP contribution in [0.15, 0.2) is 18.2 Å². The SMILES string of the molecule is CC(C(=O)Nc1ccc(O)cc1C(=O)O)C1CC1. The molecule has 0 spiro atoms. The van der Waals surface area contributed by atoms with Crippen LogP contribution in [0.4, 0.5) is 5.69 Å². The monoisotopic (exact) mass is 249 g/mol. The lowest BCUT2D eigenvalue weighted by atomic mass is 10.1. The van der Waals surface area contributed by atoms with Crippen LogP contribution in [0.5, 0.6) is 5.75 Å². The molecule has 0 aromatic heterocycles. The number of amides is 1. The lowest BCUT2D eigenvalue weighted by molar-refractivity contribution is -0.119. The van der Waals surface area contributed by atoms with Crippen molar-refractivity contribution in [2.24, 2.45) is 11.8 Å². The van der Waals surface area contributed by atoms with Gasteiger partial charge in [0, 0.05) is 5.92 Å². The Morgan fingerprint density at radius 1 is 1.39 bits per heavy atom. The molecule has 1 fully saturated rings. The zero-order valence-electron chi connectivity index (χ0n) is 10.0. The summed E-state index contributed by atoms with van der Waals surface area (Å²) < 4.78 is 0. The molecule has 1 unspecified atom stereocenters. The molecule has 0 saturated heterocycles. The van der Waals surface area contributed by atoms with Gasteiger partial charge in [-0.2, -0.15) is 0 Å². The van der Waals surface area contributed by atoms with Gasteiger partial charge in [-0.3, -0.25) is 4.79 Å². The van der Waals surface area contributed by atoms with Gasteiger partial charge in [-0.05, 0) is 37.0 Å². The third-order valence-electron chi connectivity index (χ3n) is 3.23. The zero-order valence-corrected chi connectivity index (χ0v) is 10.0. The first kappa shape index (κ1) is 12.4. The Kier molecular flexibility index (Phi) is 3.23. The first-order valence-corrected chi connectivity index (χ1v) is 5.86. The van der Waals surface area contributed by atoms with Crippen molar-refractivity contribution in [3.8, 4) is 5.75 Å². The molecule has 1 amide bonds. The molecule has 0 radical (unpaired) electrons. The number of carbonyl (C=O) groups is 2. The van der Waals surface area contributed by atoms with E-state index >= 15 is 0 Å². The number of phenolic OH excluding ortho intramolecular Hbond substituents is 1. The standard InChI is InChI=1S/C13H15NO4/c1-7(8-2-3-8)12(16)14-11-5-4-9(15)6-10(11)13(17)18/h4-8,15H,2-3H2,1H3,(H,14,16)(H,17,18). The van der Waals surface area contributed by atoms with Crippen LogP contribution in [0.1, 0.15) is 30.1 Å². The average molecular weight is 249 g/mol. The molecule has 1 saturated carbocycles. The van der Waals surface area contributed by atoms with Crippen LogP contribution >= 0.6 is 0 Å². The van der Waals surface area contributed by atoms with Gasteiger partial charge in [0.1, 0.15) is 5.75 Å². The van der Waals surface area contributed by atoms with E-state index in [1.165, 1.54) is 12.1 Å². The number of rotatable bonds is 4. The number of carboxylic acid groups (broad SMARTS) is 1. The highest BCUT2D eigenvalue weighted by Crippen LogP contribution is 2.37. The number of anilines is 1. The Morgan fingerprint density at radius 2 is 2.06 bits per heavy atom. The fourth-order valence-electron chi connectivity index (χ4n) is 1.88. The van der Waals surface area contributed by atoms with Crippen LogP contribution in [0.3, 0.4) is 0 Å². The van der Waals surface area contributed by atoms with Gasteiger partial charge < -0.3 is 15.5 Å². The summed E-state index contributed by atoms with van der Waals surface area (Å²) >= 11 is 0. The number of benzene rings is 1. The maximum absolute atomic E-state index is 11.9.